The molecule has 0 saturated heterocycles. The van der Waals surface area contributed by atoms with Gasteiger partial charge in [0.25, 0.3) is 5.56 Å². The van der Waals surface area contributed by atoms with Gasteiger partial charge in [0, 0.05) is 0 Å². The van der Waals surface area contributed by atoms with Crippen LogP contribution < -0.4 is 11.2 Å². The van der Waals surface area contributed by atoms with Crippen molar-refractivity contribution in [2.45, 2.75) is 6.54 Å². The lowest BCUT2D eigenvalue weighted by molar-refractivity contribution is 0.685. The largest absolute Gasteiger partial charge is 0.345 e. The van der Waals surface area contributed by atoms with E-state index in [0.29, 0.717) is 0 Å². The summed E-state index contributed by atoms with van der Waals surface area (Å²) < 4.78 is 0.757. The lowest BCUT2D eigenvalue weighted by atomic mass is 10.6. The highest BCUT2D eigenvalue weighted by Gasteiger charge is 1.97. The van der Waals surface area contributed by atoms with Gasteiger partial charge in [0.2, 0.25) is 0 Å². The van der Waals surface area contributed by atoms with Gasteiger partial charge in [-0.1, -0.05) is 0 Å². The first-order valence-electron chi connectivity index (χ1n) is 2.77. The van der Waals surface area contributed by atoms with Crippen LogP contribution in [0.2, 0.25) is 0 Å². The highest BCUT2D eigenvalue weighted by Crippen LogP contribution is 1.64. The zero-order chi connectivity index (χ0) is 8.27. The number of nitriles is 1. The van der Waals surface area contributed by atoms with Crippen molar-refractivity contribution in [1.82, 2.24) is 14.8 Å². The van der Waals surface area contributed by atoms with E-state index >= 15 is 0 Å². The first kappa shape index (κ1) is 7.21. The number of H-pyrrole nitrogens is 1. The number of nitrogens with one attached hydrogen (secondary N) is 1. The normalized spacial score (nSPS) is 9.00. The van der Waals surface area contributed by atoms with E-state index < -0.39 is 11.2 Å². The van der Waals surface area contributed by atoms with Crippen LogP contribution in [0.25, 0.3) is 0 Å². The molecule has 0 aromatic carbocycles. The fourth-order valence-corrected chi connectivity index (χ4v) is 0.593. The third-order valence-corrected chi connectivity index (χ3v) is 1.08. The van der Waals surface area contributed by atoms with E-state index in [9.17, 15) is 9.59 Å². The van der Waals surface area contributed by atoms with Gasteiger partial charge in [0.05, 0.1) is 6.07 Å². The molecular weight excluding hydrogens is 148 g/mol. The van der Waals surface area contributed by atoms with Crippen LogP contribution in [-0.2, 0) is 6.54 Å². The molecule has 0 radical (unpaired) electrons. The maximum atomic E-state index is 10.8. The van der Waals surface area contributed by atoms with Gasteiger partial charge in [-0.3, -0.25) is 4.79 Å². The van der Waals surface area contributed by atoms with Crippen molar-refractivity contribution in [3.05, 3.63) is 27.0 Å². The fourth-order valence-electron chi connectivity index (χ4n) is 0.593. The molecule has 0 bridgehead atoms. The summed E-state index contributed by atoms with van der Waals surface area (Å²) in [5, 5.41) is 13.5. The number of aromatic nitrogens is 3. The summed E-state index contributed by atoms with van der Waals surface area (Å²) >= 11 is 0. The minimum absolute atomic E-state index is 0.253. The third-order valence-electron chi connectivity index (χ3n) is 1.08. The minimum atomic E-state index is -0.668. The Kier molecular flexibility index (Phi) is 1.83. The van der Waals surface area contributed by atoms with Crippen molar-refractivity contribution in [3.8, 4) is 6.07 Å². The summed E-state index contributed by atoms with van der Waals surface area (Å²) in [4.78, 5) is 21.5. The average molecular weight is 152 g/mol. The Balaban J connectivity index is 3.36. The summed E-state index contributed by atoms with van der Waals surface area (Å²) in [6.45, 7) is -0.253. The Bertz CT molecular complexity index is 368. The molecule has 0 saturated carbocycles. The number of nitrogens with zero attached hydrogens (tertiary/aromatic N) is 3. The smallest absolute Gasteiger partial charge is 0.267 e. The summed E-state index contributed by atoms with van der Waals surface area (Å²) in [5.41, 5.74) is -1.24. The Morgan fingerprint density at radius 3 is 3.00 bits per heavy atom. The number of rotatable bonds is 1. The minimum Gasteiger partial charge on any atom is -0.267 e. The first-order valence-corrected chi connectivity index (χ1v) is 2.77. The predicted molar refractivity (Wildman–Crippen MR) is 34.7 cm³/mol. The van der Waals surface area contributed by atoms with E-state index in [-0.39, 0.29) is 6.54 Å². The summed E-state index contributed by atoms with van der Waals surface area (Å²) in [7, 11) is 0. The summed E-state index contributed by atoms with van der Waals surface area (Å²) in [5.74, 6) is 0. The van der Waals surface area contributed by atoms with Crippen molar-refractivity contribution in [3.63, 3.8) is 0 Å². The second kappa shape index (κ2) is 2.79. The number of hydrogen-bond acceptors (Lipinski definition) is 4. The van der Waals surface area contributed by atoms with Crippen molar-refractivity contribution < 1.29 is 0 Å². The molecule has 6 nitrogen and oxygen atoms in total. The van der Waals surface area contributed by atoms with Crippen molar-refractivity contribution in [2.24, 2.45) is 0 Å². The quantitative estimate of drug-likeness (QED) is 0.527. The molecule has 1 aromatic heterocycles. The lowest BCUT2D eigenvalue weighted by Crippen LogP contribution is -2.34. The molecule has 56 valence electrons. The lowest BCUT2D eigenvalue weighted by Gasteiger charge is -1.92. The van der Waals surface area contributed by atoms with Gasteiger partial charge in [-0.2, -0.15) is 10.4 Å². The van der Waals surface area contributed by atoms with Gasteiger partial charge >= 0.3 is 5.69 Å². The molecule has 0 fully saturated rings. The number of hydrogen-bond donors (Lipinski definition) is 1. The molecule has 1 aromatic rings. The van der Waals surface area contributed by atoms with Gasteiger partial charge < -0.3 is 0 Å². The van der Waals surface area contributed by atoms with E-state index in [2.05, 4.69) is 5.10 Å². The Morgan fingerprint density at radius 2 is 2.45 bits per heavy atom. The van der Waals surface area contributed by atoms with Gasteiger partial charge in [-0.15, -0.1) is 0 Å². The van der Waals surface area contributed by atoms with Crippen LogP contribution in [0.15, 0.2) is 15.8 Å². The maximum Gasteiger partial charge on any atom is 0.345 e. The predicted octanol–water partition coefficient (Wildman–Crippen LogP) is -1.54. The van der Waals surface area contributed by atoms with Crippen LogP contribution in [0.4, 0.5) is 0 Å². The molecule has 0 aliphatic rings. The summed E-state index contributed by atoms with van der Waals surface area (Å²) in [6, 6.07) is 1.68. The molecule has 6 heteroatoms. The van der Waals surface area contributed by atoms with Crippen LogP contribution in [-0.4, -0.2) is 14.8 Å². The van der Waals surface area contributed by atoms with E-state index in [4.69, 9.17) is 5.26 Å². The van der Waals surface area contributed by atoms with Gasteiger partial charge in [-0.05, 0) is 0 Å². The second-order valence-corrected chi connectivity index (χ2v) is 1.76. The Hall–Kier alpha value is -1.90. The van der Waals surface area contributed by atoms with Crippen LogP contribution in [0.3, 0.4) is 0 Å². The average Bonchev–Trinajstić information content (AvgIpc) is 1.97. The molecular formula is C5H4N4O2. The molecule has 11 heavy (non-hydrogen) atoms. The standard InChI is InChI=1S/C5H4N4O2/c6-1-2-9-4(10)3-7-8-5(9)11/h3H,2H2,(H,8,11). The molecule has 0 aliphatic carbocycles. The zero-order valence-corrected chi connectivity index (χ0v) is 5.44. The first-order chi connectivity index (χ1) is 5.25. The second-order valence-electron chi connectivity index (χ2n) is 1.76. The SMILES string of the molecule is N#CCn1c(=O)cn[nH]c1=O. The monoisotopic (exact) mass is 152 g/mol. The fraction of sp³-hybridized carbons (Fsp3) is 0.200. The molecule has 0 unspecified atom stereocenters. The number of aromatic amines is 1. The van der Waals surface area contributed by atoms with E-state index in [1.165, 1.54) is 0 Å². The summed E-state index contributed by atoms with van der Waals surface area (Å²) in [6.07, 6.45) is 0.943. The Morgan fingerprint density at radius 1 is 1.73 bits per heavy atom. The molecule has 1 rings (SSSR count). The molecule has 0 spiro atoms. The topological polar surface area (TPSA) is 91.5 Å². The van der Waals surface area contributed by atoms with Crippen molar-refractivity contribution in [1.29, 1.82) is 5.26 Å². The molecule has 0 amide bonds. The molecule has 1 heterocycles. The van der Waals surface area contributed by atoms with E-state index in [1.54, 1.807) is 6.07 Å². The van der Waals surface area contributed by atoms with E-state index in [1.807, 2.05) is 5.10 Å². The van der Waals surface area contributed by atoms with Gasteiger partial charge in [0.15, 0.2) is 0 Å². The van der Waals surface area contributed by atoms with Gasteiger partial charge in [-0.25, -0.2) is 14.5 Å². The maximum absolute atomic E-state index is 10.8. The zero-order valence-electron chi connectivity index (χ0n) is 5.44. The van der Waals surface area contributed by atoms with Crippen LogP contribution in [0, 0.1) is 11.3 Å². The third kappa shape index (κ3) is 1.32. The highest BCUT2D eigenvalue weighted by molar-refractivity contribution is 4.79. The van der Waals surface area contributed by atoms with E-state index in [0.717, 1.165) is 10.8 Å². The van der Waals surface area contributed by atoms with Gasteiger partial charge in [0.1, 0.15) is 12.7 Å². The molecule has 0 atom stereocenters. The van der Waals surface area contributed by atoms with Crippen molar-refractivity contribution >= 4 is 0 Å². The molecule has 0 aliphatic heterocycles. The Labute approximate surface area is 60.7 Å². The van der Waals surface area contributed by atoms with Crippen LogP contribution >= 0.6 is 0 Å². The highest BCUT2D eigenvalue weighted by atomic mass is 16.2. The van der Waals surface area contributed by atoms with Crippen molar-refractivity contribution in [2.75, 3.05) is 0 Å². The molecule has 1 N–H and O–H groups in total. The van der Waals surface area contributed by atoms with Crippen LogP contribution in [0.5, 0.6) is 0 Å². The van der Waals surface area contributed by atoms with Crippen LogP contribution in [0.1, 0.15) is 0 Å².